The Morgan fingerprint density at radius 1 is 1.10 bits per heavy atom. The minimum atomic E-state index is 0.449. The number of rotatable bonds is 8. The lowest BCUT2D eigenvalue weighted by Gasteiger charge is -2.13. The molecule has 0 bridgehead atoms. The number of aryl methyl sites for hydroxylation is 1. The van der Waals surface area contributed by atoms with Gasteiger partial charge in [0.2, 0.25) is 0 Å². The maximum atomic E-state index is 5.90. The van der Waals surface area contributed by atoms with Gasteiger partial charge in [0.05, 0.1) is 6.61 Å². The Bertz CT molecular complexity index is 529. The second-order valence-electron chi connectivity index (χ2n) is 5.33. The monoisotopic (exact) mass is 285 g/mol. The van der Waals surface area contributed by atoms with E-state index in [1.807, 2.05) is 36.8 Å². The fourth-order valence-corrected chi connectivity index (χ4v) is 2.01. The molecule has 4 heteroatoms. The Morgan fingerprint density at radius 2 is 1.86 bits per heavy atom. The molecule has 0 saturated heterocycles. The van der Waals surface area contributed by atoms with E-state index in [1.54, 1.807) is 6.20 Å². The fourth-order valence-electron chi connectivity index (χ4n) is 2.01. The molecule has 2 aromatic rings. The lowest BCUT2D eigenvalue weighted by atomic mass is 10.1. The lowest BCUT2D eigenvalue weighted by molar-refractivity contribution is 0.306. The van der Waals surface area contributed by atoms with Gasteiger partial charge >= 0.3 is 0 Å². The molecule has 0 atom stereocenters. The molecule has 0 saturated carbocycles. The summed E-state index contributed by atoms with van der Waals surface area (Å²) in [5.41, 5.74) is 2.40. The number of ether oxygens (including phenoxy) is 1. The molecule has 2 heterocycles. The Hall–Kier alpha value is -1.94. The van der Waals surface area contributed by atoms with Gasteiger partial charge in [-0.25, -0.2) is 0 Å². The van der Waals surface area contributed by atoms with E-state index < -0.39 is 0 Å². The maximum Gasteiger partial charge on any atom is 0.126 e. The minimum absolute atomic E-state index is 0.449. The Labute approximate surface area is 126 Å². The zero-order valence-corrected chi connectivity index (χ0v) is 12.7. The summed E-state index contributed by atoms with van der Waals surface area (Å²) >= 11 is 0. The Kier molecular flexibility index (Phi) is 6.16. The summed E-state index contributed by atoms with van der Waals surface area (Å²) in [6.45, 7) is 5.75. The van der Waals surface area contributed by atoms with Gasteiger partial charge in [0.25, 0.3) is 0 Å². The first-order valence-electron chi connectivity index (χ1n) is 7.43. The van der Waals surface area contributed by atoms with Crippen molar-refractivity contribution in [2.24, 2.45) is 0 Å². The van der Waals surface area contributed by atoms with Crippen molar-refractivity contribution in [3.63, 3.8) is 0 Å². The molecule has 4 nitrogen and oxygen atoms in total. The normalized spacial score (nSPS) is 10.8. The molecule has 1 N–H and O–H groups in total. The summed E-state index contributed by atoms with van der Waals surface area (Å²) in [6.07, 6.45) is 9.30. The highest BCUT2D eigenvalue weighted by molar-refractivity contribution is 5.30. The van der Waals surface area contributed by atoms with E-state index in [9.17, 15) is 0 Å². The van der Waals surface area contributed by atoms with Gasteiger partial charge < -0.3 is 10.1 Å². The van der Waals surface area contributed by atoms with Gasteiger partial charge in [-0.05, 0) is 36.6 Å². The minimum Gasteiger partial charge on any atom is -0.493 e. The molecule has 2 rings (SSSR count). The summed E-state index contributed by atoms with van der Waals surface area (Å²) < 4.78 is 5.90. The molecule has 0 spiro atoms. The van der Waals surface area contributed by atoms with Crippen LogP contribution in [0.5, 0.6) is 5.75 Å². The predicted molar refractivity (Wildman–Crippen MR) is 84.3 cm³/mol. The van der Waals surface area contributed by atoms with Crippen molar-refractivity contribution in [3.05, 3.63) is 54.1 Å². The number of pyridine rings is 2. The lowest BCUT2D eigenvalue weighted by Crippen LogP contribution is -2.22. The van der Waals surface area contributed by atoms with Gasteiger partial charge in [-0.3, -0.25) is 9.97 Å². The van der Waals surface area contributed by atoms with Crippen molar-refractivity contribution in [2.75, 3.05) is 6.61 Å². The number of aromatic nitrogens is 2. The number of nitrogens with zero attached hydrogens (tertiary/aromatic N) is 2. The standard InChI is InChI=1S/C17H23N3O/c1-14(2)20-13-16-12-19-10-7-17(16)21-11-3-4-15-5-8-18-9-6-15/h5-10,12,14,20H,3-4,11,13H2,1-2H3. The van der Waals surface area contributed by atoms with Gasteiger partial charge in [-0.1, -0.05) is 13.8 Å². The van der Waals surface area contributed by atoms with Crippen LogP contribution in [0.3, 0.4) is 0 Å². The molecule has 0 amide bonds. The summed E-state index contributed by atoms with van der Waals surface area (Å²) in [6, 6.07) is 6.48. The molecule has 21 heavy (non-hydrogen) atoms. The van der Waals surface area contributed by atoms with Crippen LogP contribution >= 0.6 is 0 Å². The predicted octanol–water partition coefficient (Wildman–Crippen LogP) is 2.99. The average Bonchev–Trinajstić information content (AvgIpc) is 2.51. The van der Waals surface area contributed by atoms with Crippen LogP contribution in [0.25, 0.3) is 0 Å². The van der Waals surface area contributed by atoms with Gasteiger partial charge in [0.1, 0.15) is 5.75 Å². The van der Waals surface area contributed by atoms with Crippen LogP contribution in [-0.2, 0) is 13.0 Å². The number of hydrogen-bond donors (Lipinski definition) is 1. The third-order valence-corrected chi connectivity index (χ3v) is 3.18. The Balaban J connectivity index is 1.80. The highest BCUT2D eigenvalue weighted by atomic mass is 16.5. The van der Waals surface area contributed by atoms with Crippen LogP contribution < -0.4 is 10.1 Å². The first-order chi connectivity index (χ1) is 10.3. The highest BCUT2D eigenvalue weighted by Crippen LogP contribution is 2.17. The second-order valence-corrected chi connectivity index (χ2v) is 5.33. The zero-order chi connectivity index (χ0) is 14.9. The summed E-state index contributed by atoms with van der Waals surface area (Å²) in [5.74, 6) is 0.924. The van der Waals surface area contributed by atoms with E-state index in [2.05, 4.69) is 29.1 Å². The average molecular weight is 285 g/mol. The second kappa shape index (κ2) is 8.37. The maximum absolute atomic E-state index is 5.90. The van der Waals surface area contributed by atoms with Crippen LogP contribution in [0, 0.1) is 0 Å². The van der Waals surface area contributed by atoms with Gasteiger partial charge in [0, 0.05) is 42.9 Å². The summed E-state index contributed by atoms with van der Waals surface area (Å²) in [4.78, 5) is 8.19. The quantitative estimate of drug-likeness (QED) is 0.757. The summed E-state index contributed by atoms with van der Waals surface area (Å²) in [5, 5.41) is 3.39. The van der Waals surface area contributed by atoms with E-state index in [4.69, 9.17) is 4.74 Å². The topological polar surface area (TPSA) is 47.0 Å². The van der Waals surface area contributed by atoms with E-state index in [1.165, 1.54) is 5.56 Å². The molecular weight excluding hydrogens is 262 g/mol. The first kappa shape index (κ1) is 15.4. The molecule has 0 aromatic carbocycles. The smallest absolute Gasteiger partial charge is 0.126 e. The van der Waals surface area contributed by atoms with Gasteiger partial charge in [-0.2, -0.15) is 0 Å². The number of nitrogens with one attached hydrogen (secondary N) is 1. The van der Waals surface area contributed by atoms with Gasteiger partial charge in [0.15, 0.2) is 0 Å². The van der Waals surface area contributed by atoms with Crippen LogP contribution in [0.15, 0.2) is 43.0 Å². The van der Waals surface area contributed by atoms with Crippen molar-refractivity contribution < 1.29 is 4.74 Å². The highest BCUT2D eigenvalue weighted by Gasteiger charge is 2.04. The van der Waals surface area contributed by atoms with Crippen LogP contribution in [0.2, 0.25) is 0 Å². The molecule has 0 aliphatic carbocycles. The SMILES string of the molecule is CC(C)NCc1cnccc1OCCCc1ccncc1. The summed E-state index contributed by atoms with van der Waals surface area (Å²) in [7, 11) is 0. The van der Waals surface area contributed by atoms with Crippen LogP contribution in [0.1, 0.15) is 31.4 Å². The third kappa shape index (κ3) is 5.52. The van der Waals surface area contributed by atoms with Crippen LogP contribution in [-0.4, -0.2) is 22.6 Å². The number of hydrogen-bond acceptors (Lipinski definition) is 4. The third-order valence-electron chi connectivity index (χ3n) is 3.18. The van der Waals surface area contributed by atoms with E-state index >= 15 is 0 Å². The first-order valence-corrected chi connectivity index (χ1v) is 7.43. The zero-order valence-electron chi connectivity index (χ0n) is 12.7. The van der Waals surface area contributed by atoms with Crippen molar-refractivity contribution in [1.82, 2.24) is 15.3 Å². The molecule has 0 unspecified atom stereocenters. The molecule has 2 aromatic heterocycles. The molecule has 0 aliphatic rings. The Morgan fingerprint density at radius 3 is 2.62 bits per heavy atom. The van der Waals surface area contributed by atoms with Gasteiger partial charge in [-0.15, -0.1) is 0 Å². The molecule has 112 valence electrons. The fraction of sp³-hybridized carbons (Fsp3) is 0.412. The molecule has 0 fully saturated rings. The molecule has 0 radical (unpaired) electrons. The van der Waals surface area contributed by atoms with Crippen LogP contribution in [0.4, 0.5) is 0 Å². The van der Waals surface area contributed by atoms with Crippen molar-refractivity contribution >= 4 is 0 Å². The van der Waals surface area contributed by atoms with E-state index in [0.717, 1.165) is 30.7 Å². The van der Waals surface area contributed by atoms with Crippen molar-refractivity contribution in [2.45, 2.75) is 39.3 Å². The van der Waals surface area contributed by atoms with E-state index in [-0.39, 0.29) is 0 Å². The molecular formula is C17H23N3O. The largest absolute Gasteiger partial charge is 0.493 e. The van der Waals surface area contributed by atoms with Crippen molar-refractivity contribution in [1.29, 1.82) is 0 Å². The van der Waals surface area contributed by atoms with E-state index in [0.29, 0.717) is 12.6 Å². The van der Waals surface area contributed by atoms with Crippen molar-refractivity contribution in [3.8, 4) is 5.75 Å². The molecule has 0 aliphatic heterocycles.